The molecule has 2 saturated carbocycles. The summed E-state index contributed by atoms with van der Waals surface area (Å²) in [6.45, 7) is 0.334. The molecule has 6 rings (SSSR count). The predicted molar refractivity (Wildman–Crippen MR) is 144 cm³/mol. The van der Waals surface area contributed by atoms with Crippen molar-refractivity contribution in [1.82, 2.24) is 10.1 Å². The van der Waals surface area contributed by atoms with Gasteiger partial charge in [0, 0.05) is 28.6 Å². The fourth-order valence-electron chi connectivity index (χ4n) is 5.30. The van der Waals surface area contributed by atoms with Crippen molar-refractivity contribution >= 4 is 40.1 Å². The quantitative estimate of drug-likeness (QED) is 0.251. The van der Waals surface area contributed by atoms with Crippen LogP contribution in [0.1, 0.15) is 71.7 Å². The van der Waals surface area contributed by atoms with Crippen LogP contribution in [0.3, 0.4) is 0 Å². The monoisotopic (exact) mass is 552 g/mol. The van der Waals surface area contributed by atoms with Gasteiger partial charge in [0.15, 0.2) is 0 Å². The number of carboxylic acid groups (broad SMARTS) is 1. The molecule has 7 nitrogen and oxygen atoms in total. The van der Waals surface area contributed by atoms with E-state index in [0.717, 1.165) is 35.1 Å². The van der Waals surface area contributed by atoms with Crippen LogP contribution in [0, 0.1) is 0 Å². The second kappa shape index (κ2) is 9.97. The standard InChI is InChI=1S/C29H26Cl2N2O5/c30-22-2-1-3-23(31)25(22)26-21(27(38-33-26)16-4-5-16)15-37-20-8-10-29(36,11-9-20)19-7-6-17-12-18(28(34)35)14-32-24(17)13-19/h1-3,6-7,12-14,16,20,36H,4-5,8-11,15H2,(H,34,35). The highest BCUT2D eigenvalue weighted by Crippen LogP contribution is 2.46. The van der Waals surface area contributed by atoms with Gasteiger partial charge >= 0.3 is 5.97 Å². The molecule has 2 N–H and O–H groups in total. The zero-order valence-electron chi connectivity index (χ0n) is 20.5. The Morgan fingerprint density at radius 2 is 1.82 bits per heavy atom. The van der Waals surface area contributed by atoms with E-state index in [2.05, 4.69) is 10.1 Å². The molecule has 0 bridgehead atoms. The van der Waals surface area contributed by atoms with Crippen LogP contribution in [0.15, 0.2) is 53.2 Å². The SMILES string of the molecule is O=C(O)c1cnc2cc(C3(O)CCC(OCc4c(-c5c(Cl)cccc5Cl)noc4C4CC4)CC3)ccc2c1. The fourth-order valence-corrected chi connectivity index (χ4v) is 5.88. The number of hydrogen-bond donors (Lipinski definition) is 2. The second-order valence-corrected chi connectivity index (χ2v) is 11.0. The van der Waals surface area contributed by atoms with Gasteiger partial charge in [-0.1, -0.05) is 46.6 Å². The molecule has 0 aliphatic heterocycles. The smallest absolute Gasteiger partial charge is 0.337 e. The van der Waals surface area contributed by atoms with Gasteiger partial charge in [0.25, 0.3) is 0 Å². The van der Waals surface area contributed by atoms with Crippen LogP contribution in [0.4, 0.5) is 0 Å². The number of nitrogens with zero attached hydrogens (tertiary/aromatic N) is 2. The normalized spacial score (nSPS) is 21.6. The maximum atomic E-state index is 11.5. The topological polar surface area (TPSA) is 106 Å². The summed E-state index contributed by atoms with van der Waals surface area (Å²) in [5.41, 5.74) is 2.76. The minimum Gasteiger partial charge on any atom is -0.478 e. The molecule has 38 heavy (non-hydrogen) atoms. The number of carboxylic acids is 1. The lowest BCUT2D eigenvalue weighted by atomic mass is 9.78. The summed E-state index contributed by atoms with van der Waals surface area (Å²) in [6.07, 6.45) is 5.89. The van der Waals surface area contributed by atoms with Gasteiger partial charge in [0.1, 0.15) is 11.5 Å². The number of halogens is 2. The average Bonchev–Trinajstić information content (AvgIpc) is 3.68. The van der Waals surface area contributed by atoms with Gasteiger partial charge < -0.3 is 19.5 Å². The molecule has 2 fully saturated rings. The molecule has 2 aliphatic rings. The molecule has 0 spiro atoms. The molecule has 0 unspecified atom stereocenters. The molecule has 0 radical (unpaired) electrons. The van der Waals surface area contributed by atoms with Crippen molar-refractivity contribution in [3.63, 3.8) is 0 Å². The summed E-state index contributed by atoms with van der Waals surface area (Å²) >= 11 is 12.9. The number of aromatic carboxylic acids is 1. The molecule has 2 heterocycles. The van der Waals surface area contributed by atoms with Crippen molar-refractivity contribution in [3.05, 3.63) is 81.2 Å². The molecule has 2 aromatic carbocycles. The van der Waals surface area contributed by atoms with Gasteiger partial charge in [0.2, 0.25) is 0 Å². The number of carbonyl (C=O) groups is 1. The number of hydrogen-bond acceptors (Lipinski definition) is 6. The molecular weight excluding hydrogens is 527 g/mol. The molecule has 9 heteroatoms. The third kappa shape index (κ3) is 4.80. The van der Waals surface area contributed by atoms with Crippen molar-refractivity contribution in [2.24, 2.45) is 0 Å². The first-order valence-corrected chi connectivity index (χ1v) is 13.5. The minimum atomic E-state index is -1.02. The van der Waals surface area contributed by atoms with Crippen molar-refractivity contribution in [1.29, 1.82) is 0 Å². The van der Waals surface area contributed by atoms with Crippen molar-refractivity contribution < 1.29 is 24.3 Å². The molecule has 0 saturated heterocycles. The summed E-state index contributed by atoms with van der Waals surface area (Å²) < 4.78 is 12.1. The molecule has 2 aliphatic carbocycles. The van der Waals surface area contributed by atoms with Crippen molar-refractivity contribution in [3.8, 4) is 11.3 Å². The lowest BCUT2D eigenvalue weighted by Crippen LogP contribution is -2.34. The maximum absolute atomic E-state index is 11.5. The van der Waals surface area contributed by atoms with Gasteiger partial charge in [-0.25, -0.2) is 4.79 Å². The fraction of sp³-hybridized carbons (Fsp3) is 0.345. The van der Waals surface area contributed by atoms with E-state index in [1.54, 1.807) is 24.3 Å². The van der Waals surface area contributed by atoms with Gasteiger partial charge in [-0.15, -0.1) is 0 Å². The summed E-state index contributed by atoms with van der Waals surface area (Å²) in [5.74, 6) is 0.177. The number of rotatable bonds is 7. The lowest BCUT2D eigenvalue weighted by Gasteiger charge is -2.36. The van der Waals surface area contributed by atoms with Crippen LogP contribution in [0.2, 0.25) is 10.0 Å². The van der Waals surface area contributed by atoms with Crippen LogP contribution >= 0.6 is 23.2 Å². The van der Waals surface area contributed by atoms with Gasteiger partial charge in [0.05, 0.1) is 39.4 Å². The van der Waals surface area contributed by atoms with Gasteiger partial charge in [-0.3, -0.25) is 4.98 Å². The highest BCUT2D eigenvalue weighted by atomic mass is 35.5. The Balaban J connectivity index is 1.16. The summed E-state index contributed by atoms with van der Waals surface area (Å²) in [5, 5.41) is 26.8. The van der Waals surface area contributed by atoms with Crippen molar-refractivity contribution in [2.45, 2.75) is 62.8 Å². The van der Waals surface area contributed by atoms with Crippen LogP contribution in [0.25, 0.3) is 22.2 Å². The Kier molecular flexibility index (Phi) is 6.64. The van der Waals surface area contributed by atoms with E-state index in [0.29, 0.717) is 65.0 Å². The Morgan fingerprint density at radius 1 is 1.08 bits per heavy atom. The molecule has 0 atom stereocenters. The van der Waals surface area contributed by atoms with E-state index in [1.165, 1.54) is 6.20 Å². The number of fused-ring (bicyclic) bond motifs is 1. The molecule has 0 amide bonds. The highest BCUT2D eigenvalue weighted by Gasteiger charge is 2.37. The van der Waals surface area contributed by atoms with Gasteiger partial charge in [-0.05, 0) is 68.4 Å². The average molecular weight is 553 g/mol. The maximum Gasteiger partial charge on any atom is 0.337 e. The highest BCUT2D eigenvalue weighted by molar-refractivity contribution is 6.39. The Hall–Kier alpha value is -2.97. The summed E-state index contributed by atoms with van der Waals surface area (Å²) in [4.78, 5) is 15.5. The van der Waals surface area contributed by atoms with Crippen LogP contribution in [-0.2, 0) is 16.9 Å². The molecule has 196 valence electrons. The number of ether oxygens (including phenoxy) is 1. The zero-order chi connectivity index (χ0) is 26.4. The van der Waals surface area contributed by atoms with E-state index in [-0.39, 0.29) is 11.7 Å². The Labute approximate surface area is 229 Å². The van der Waals surface area contributed by atoms with E-state index < -0.39 is 11.6 Å². The molecular formula is C29H26Cl2N2O5. The largest absolute Gasteiger partial charge is 0.478 e. The number of pyridine rings is 1. The van der Waals surface area contributed by atoms with Gasteiger partial charge in [-0.2, -0.15) is 0 Å². The predicted octanol–water partition coefficient (Wildman–Crippen LogP) is 7.12. The van der Waals surface area contributed by atoms with Crippen LogP contribution in [0.5, 0.6) is 0 Å². The zero-order valence-corrected chi connectivity index (χ0v) is 22.0. The third-order valence-electron chi connectivity index (χ3n) is 7.66. The summed E-state index contributed by atoms with van der Waals surface area (Å²) in [6, 6.07) is 12.5. The Bertz CT molecular complexity index is 1500. The number of aromatic nitrogens is 2. The van der Waals surface area contributed by atoms with E-state index in [9.17, 15) is 15.0 Å². The van der Waals surface area contributed by atoms with Crippen LogP contribution in [-0.4, -0.2) is 32.4 Å². The molecule has 2 aromatic heterocycles. The summed E-state index contributed by atoms with van der Waals surface area (Å²) in [7, 11) is 0. The van der Waals surface area contributed by atoms with Crippen molar-refractivity contribution in [2.75, 3.05) is 0 Å². The first-order chi connectivity index (χ1) is 18.3. The first kappa shape index (κ1) is 25.3. The van der Waals surface area contributed by atoms with Crippen LogP contribution < -0.4 is 0 Å². The molecule has 4 aromatic rings. The second-order valence-electron chi connectivity index (χ2n) is 10.2. The van der Waals surface area contributed by atoms with E-state index in [4.69, 9.17) is 32.5 Å². The Morgan fingerprint density at radius 3 is 2.50 bits per heavy atom. The van der Waals surface area contributed by atoms with E-state index in [1.807, 2.05) is 18.2 Å². The number of aliphatic hydroxyl groups is 1. The lowest BCUT2D eigenvalue weighted by molar-refractivity contribution is -0.0640. The van der Waals surface area contributed by atoms with E-state index >= 15 is 0 Å². The first-order valence-electron chi connectivity index (χ1n) is 12.7. The third-order valence-corrected chi connectivity index (χ3v) is 8.29. The minimum absolute atomic E-state index is 0.0245. The number of benzene rings is 2.